The second kappa shape index (κ2) is 20.4. The molecule has 10 rings (SSSR count). The molecule has 4 N–H and O–H groups in total. The number of anilines is 2. The lowest BCUT2D eigenvalue weighted by molar-refractivity contribution is -0.384. The number of rotatable bonds is 15. The van der Waals surface area contributed by atoms with E-state index in [9.17, 15) is 28.4 Å². The Morgan fingerprint density at radius 3 is 2.58 bits per heavy atom. The highest BCUT2D eigenvalue weighted by Crippen LogP contribution is 2.53. The number of fused-ring (bicyclic) bond motifs is 2. The summed E-state index contributed by atoms with van der Waals surface area (Å²) < 4.78 is 48.0. The first-order valence-electron chi connectivity index (χ1n) is 25.3. The maximum atomic E-state index is 14.2. The van der Waals surface area contributed by atoms with Gasteiger partial charge in [-0.1, -0.05) is 38.1 Å². The van der Waals surface area contributed by atoms with Gasteiger partial charge in [-0.05, 0) is 110 Å². The Labute approximate surface area is 415 Å². The number of hydrogen-bond acceptors (Lipinski definition) is 14. The third-order valence-electron chi connectivity index (χ3n) is 15.9. The quantitative estimate of drug-likeness (QED) is 0.0575. The first-order valence-corrected chi connectivity index (χ1v) is 26.8. The number of aliphatic hydroxyl groups is 1. The summed E-state index contributed by atoms with van der Waals surface area (Å²) in [6, 6.07) is 20.5. The Kier molecular flexibility index (Phi) is 14.0. The molecule has 17 nitrogen and oxygen atoms in total. The molecule has 2 atom stereocenters. The number of nitro groups is 1. The lowest BCUT2D eigenvalue weighted by atomic mass is 9.59. The fourth-order valence-electron chi connectivity index (χ4n) is 12.0. The summed E-state index contributed by atoms with van der Waals surface area (Å²) >= 11 is 0. The van der Waals surface area contributed by atoms with Gasteiger partial charge in [-0.15, -0.1) is 0 Å². The molecule has 5 aromatic rings. The van der Waals surface area contributed by atoms with Crippen LogP contribution in [-0.2, 0) is 14.8 Å². The van der Waals surface area contributed by atoms with Crippen molar-refractivity contribution < 1.29 is 37.5 Å². The number of aliphatic hydroxyl groups excluding tert-OH is 1. The number of aromatic amines is 1. The van der Waals surface area contributed by atoms with Crippen molar-refractivity contribution in [2.24, 2.45) is 11.3 Å². The molecule has 2 aliphatic carbocycles. The average molecular weight is 991 g/mol. The number of methoxy groups -OCH3 is 1. The number of carbonyl (C=O) groups is 1. The second-order valence-corrected chi connectivity index (χ2v) is 22.5. The van der Waals surface area contributed by atoms with Gasteiger partial charge in [-0.25, -0.2) is 18.1 Å². The molecular formula is C53H66N8O9S. The Bertz CT molecular complexity index is 2850. The van der Waals surface area contributed by atoms with Crippen LogP contribution >= 0.6 is 0 Å². The van der Waals surface area contributed by atoms with Crippen molar-refractivity contribution in [3.05, 3.63) is 106 Å². The SMILES string of the molecule is COCCN1CCN(C2CC3(CCN(c4ccc(C(=O)NS(=O)(=O)c5cc6c(c([N+](=O)[O-])c5)N[C@H](CC5CCC(O)CC5)CO6)c(Oc5cnc6[nH]ccc6c5)c4)CC3)C2)C(c2ccccc2C(C)C)C1. The van der Waals surface area contributed by atoms with E-state index in [2.05, 4.69) is 72.8 Å². The Morgan fingerprint density at radius 2 is 1.82 bits per heavy atom. The largest absolute Gasteiger partial charge is 0.489 e. The highest BCUT2D eigenvalue weighted by molar-refractivity contribution is 7.90. The Morgan fingerprint density at radius 1 is 1.03 bits per heavy atom. The Hall–Kier alpha value is -5.79. The van der Waals surface area contributed by atoms with Crippen molar-refractivity contribution in [1.29, 1.82) is 0 Å². The van der Waals surface area contributed by atoms with E-state index in [0.29, 0.717) is 54.6 Å². The summed E-state index contributed by atoms with van der Waals surface area (Å²) in [6.07, 6.45) is 11.2. The van der Waals surface area contributed by atoms with Gasteiger partial charge in [0, 0.05) is 93.9 Å². The number of ether oxygens (including phenoxy) is 3. The molecule has 18 heteroatoms. The number of amides is 1. The summed E-state index contributed by atoms with van der Waals surface area (Å²) in [6.45, 7) is 11.1. The van der Waals surface area contributed by atoms with Gasteiger partial charge >= 0.3 is 0 Å². The van der Waals surface area contributed by atoms with Gasteiger partial charge in [0.2, 0.25) is 0 Å². The van der Waals surface area contributed by atoms with Crippen LogP contribution in [0.15, 0.2) is 84.0 Å². The summed E-state index contributed by atoms with van der Waals surface area (Å²) in [7, 11) is -2.89. The first-order chi connectivity index (χ1) is 34.2. The molecule has 2 saturated carbocycles. The van der Waals surface area contributed by atoms with Crippen molar-refractivity contribution in [1.82, 2.24) is 24.5 Å². The van der Waals surface area contributed by atoms with Crippen molar-refractivity contribution in [3.8, 4) is 17.2 Å². The van der Waals surface area contributed by atoms with Crippen LogP contribution < -0.4 is 24.4 Å². The minimum atomic E-state index is -4.66. The normalized spacial score (nSPS) is 22.9. The van der Waals surface area contributed by atoms with Crippen molar-refractivity contribution in [2.75, 3.05) is 69.8 Å². The van der Waals surface area contributed by atoms with Crippen LogP contribution in [0.1, 0.15) is 105 Å². The molecule has 71 heavy (non-hydrogen) atoms. The number of piperidine rings is 1. The molecule has 3 aromatic carbocycles. The molecule has 1 unspecified atom stereocenters. The number of sulfonamides is 1. The van der Waals surface area contributed by atoms with E-state index in [0.717, 1.165) is 102 Å². The number of carbonyl (C=O) groups excluding carboxylic acids is 1. The molecule has 5 heterocycles. The van der Waals surface area contributed by atoms with Crippen molar-refractivity contribution >= 4 is 44.0 Å². The van der Waals surface area contributed by atoms with Gasteiger partial charge in [0.25, 0.3) is 21.6 Å². The predicted molar refractivity (Wildman–Crippen MR) is 271 cm³/mol. The zero-order valence-electron chi connectivity index (χ0n) is 40.8. The molecule has 3 aliphatic heterocycles. The van der Waals surface area contributed by atoms with Gasteiger partial charge in [0.15, 0.2) is 11.4 Å². The highest BCUT2D eigenvalue weighted by atomic mass is 32.2. The monoisotopic (exact) mass is 990 g/mol. The minimum absolute atomic E-state index is 0.0114. The summed E-state index contributed by atoms with van der Waals surface area (Å²) in [5.74, 6) is 0.297. The lowest BCUT2D eigenvalue weighted by Crippen LogP contribution is -2.60. The fraction of sp³-hybridized carbons (Fsp3) is 0.509. The summed E-state index contributed by atoms with van der Waals surface area (Å²) in [5.41, 5.74) is 4.18. The number of pyridine rings is 1. The van der Waals surface area contributed by atoms with Gasteiger partial charge in [-0.2, -0.15) is 0 Å². The summed E-state index contributed by atoms with van der Waals surface area (Å²) in [4.78, 5) is 40.6. The Balaban J connectivity index is 0.846. The molecule has 5 aliphatic rings. The van der Waals surface area contributed by atoms with Gasteiger partial charge < -0.3 is 34.5 Å². The standard InChI is InChI=1S/C53H66N8O9S/c1-34(2)43-6-4-5-7-44(43)47-32-58(22-23-68-3)20-21-60(47)39-29-53(30-39)15-18-59(19-16-53)38-10-13-45(48(26-38)70-41-25-36-14-17-54-51(36)55-31-41)52(63)57-71(66,67)42-27-46(61(64)65)50-49(28-42)69-33-37(56-50)24-35-8-11-40(62)12-9-35/h4-7,10,13-14,17,25-28,31,34-35,37,39-40,47,56,62H,8-9,11-12,15-16,18-24,29-30,32-33H2,1-3H3,(H,54,55)(H,57,63)/t35?,37-,40?,47?/m1/s1. The van der Waals surface area contributed by atoms with Crippen molar-refractivity contribution in [2.45, 2.75) is 107 Å². The van der Waals surface area contributed by atoms with E-state index >= 15 is 0 Å². The lowest BCUT2D eigenvalue weighted by Gasteiger charge is -2.58. The zero-order chi connectivity index (χ0) is 49.4. The number of nitro benzene ring substituents is 1. The molecule has 2 saturated heterocycles. The number of nitrogens with one attached hydrogen (secondary N) is 3. The minimum Gasteiger partial charge on any atom is -0.489 e. The van der Waals surface area contributed by atoms with E-state index in [4.69, 9.17) is 14.2 Å². The molecular weight excluding hydrogens is 925 g/mol. The van der Waals surface area contributed by atoms with Crippen LogP contribution in [0.3, 0.4) is 0 Å². The fourth-order valence-corrected chi connectivity index (χ4v) is 13.0. The first kappa shape index (κ1) is 48.8. The van der Waals surface area contributed by atoms with Crippen LogP contribution in [0.5, 0.6) is 17.2 Å². The zero-order valence-corrected chi connectivity index (χ0v) is 41.7. The number of hydrogen-bond donors (Lipinski definition) is 4. The highest BCUT2D eigenvalue weighted by Gasteiger charge is 2.50. The molecule has 378 valence electrons. The molecule has 1 spiro atoms. The maximum absolute atomic E-state index is 14.2. The van der Waals surface area contributed by atoms with E-state index in [1.165, 1.54) is 23.4 Å². The number of nitrogens with zero attached hydrogens (tertiary/aromatic N) is 5. The molecule has 4 fully saturated rings. The third kappa shape index (κ3) is 10.4. The van der Waals surface area contributed by atoms with E-state index in [1.807, 2.05) is 12.1 Å². The second-order valence-electron chi connectivity index (χ2n) is 20.8. The summed E-state index contributed by atoms with van der Waals surface area (Å²) in [5, 5.41) is 26.4. The third-order valence-corrected chi connectivity index (χ3v) is 17.2. The molecule has 0 radical (unpaired) electrons. The predicted octanol–water partition coefficient (Wildman–Crippen LogP) is 8.37. The van der Waals surface area contributed by atoms with Crippen LogP contribution in [-0.4, -0.2) is 122 Å². The van der Waals surface area contributed by atoms with Gasteiger partial charge in [0.1, 0.15) is 23.8 Å². The van der Waals surface area contributed by atoms with E-state index in [-0.39, 0.29) is 46.9 Å². The average Bonchev–Trinajstić information content (AvgIpc) is 3.83. The van der Waals surface area contributed by atoms with Crippen LogP contribution in [0.25, 0.3) is 11.0 Å². The number of H-pyrrole nitrogens is 1. The number of aromatic nitrogens is 2. The number of piperazine rings is 1. The van der Waals surface area contributed by atoms with Crippen LogP contribution in [0.4, 0.5) is 17.1 Å². The van der Waals surface area contributed by atoms with Crippen LogP contribution in [0.2, 0.25) is 0 Å². The number of benzene rings is 3. The van der Waals surface area contributed by atoms with E-state index < -0.39 is 31.4 Å². The molecule has 0 bridgehead atoms. The molecule has 1 amide bonds. The maximum Gasteiger partial charge on any atom is 0.297 e. The van der Waals surface area contributed by atoms with Gasteiger partial charge in [0.05, 0.1) is 40.3 Å². The molecule has 2 aromatic heterocycles. The van der Waals surface area contributed by atoms with Crippen molar-refractivity contribution in [3.63, 3.8) is 0 Å². The topological polar surface area (TPSA) is 205 Å². The smallest absolute Gasteiger partial charge is 0.297 e. The van der Waals surface area contributed by atoms with Crippen LogP contribution in [0, 0.1) is 21.4 Å². The van der Waals surface area contributed by atoms with E-state index in [1.54, 1.807) is 31.5 Å². The van der Waals surface area contributed by atoms with Gasteiger partial charge in [-0.3, -0.25) is 24.7 Å².